The number of hydrogen-bond donors (Lipinski definition) is 3. The number of benzene rings is 1. The molecule has 1 aromatic heterocycles. The predicted molar refractivity (Wildman–Crippen MR) is 80.2 cm³/mol. The molecule has 2 aliphatic carbocycles. The van der Waals surface area contributed by atoms with Gasteiger partial charge in [-0.2, -0.15) is 5.10 Å². The van der Waals surface area contributed by atoms with Crippen LogP contribution in [0.3, 0.4) is 0 Å². The Labute approximate surface area is 122 Å². The third-order valence-electron chi connectivity index (χ3n) is 4.50. The van der Waals surface area contributed by atoms with E-state index in [9.17, 15) is 4.79 Å². The van der Waals surface area contributed by atoms with Crippen LogP contribution in [0.15, 0.2) is 24.3 Å². The van der Waals surface area contributed by atoms with Crippen LogP contribution in [0.2, 0.25) is 0 Å². The highest BCUT2D eigenvalue weighted by Gasteiger charge is 2.31. The Balaban J connectivity index is 1.41. The lowest BCUT2D eigenvalue weighted by Crippen LogP contribution is -2.33. The molecule has 1 atom stereocenters. The highest BCUT2D eigenvalue weighted by atomic mass is 16.1. The molecule has 4 N–H and O–H groups in total. The summed E-state index contributed by atoms with van der Waals surface area (Å²) in [7, 11) is 0. The van der Waals surface area contributed by atoms with Crippen molar-refractivity contribution in [1.82, 2.24) is 15.5 Å². The normalized spacial score (nSPS) is 19.7. The molecular formula is C16H18N4O. The minimum Gasteiger partial charge on any atom is -0.395 e. The first-order valence-electron chi connectivity index (χ1n) is 7.43. The molecule has 1 fully saturated rings. The van der Waals surface area contributed by atoms with Gasteiger partial charge in [-0.1, -0.05) is 24.3 Å². The molecule has 1 aromatic carbocycles. The van der Waals surface area contributed by atoms with Gasteiger partial charge < -0.3 is 11.1 Å². The Bertz CT molecular complexity index is 702. The molecule has 0 spiro atoms. The molecule has 2 aromatic rings. The fourth-order valence-electron chi connectivity index (χ4n) is 3.06. The van der Waals surface area contributed by atoms with Gasteiger partial charge in [0.15, 0.2) is 5.69 Å². The number of rotatable bonds is 4. The van der Waals surface area contributed by atoms with Crippen LogP contribution >= 0.6 is 0 Å². The Kier molecular flexibility index (Phi) is 2.74. The first-order chi connectivity index (χ1) is 10.2. The molecule has 1 saturated carbocycles. The topological polar surface area (TPSA) is 83.8 Å². The minimum absolute atomic E-state index is 0.181. The van der Waals surface area contributed by atoms with E-state index in [1.165, 1.54) is 11.1 Å². The summed E-state index contributed by atoms with van der Waals surface area (Å²) >= 11 is 0. The first-order valence-corrected chi connectivity index (χ1v) is 7.43. The second kappa shape index (κ2) is 4.62. The average Bonchev–Trinajstić information content (AvgIpc) is 3.23. The molecule has 108 valence electrons. The van der Waals surface area contributed by atoms with Crippen molar-refractivity contribution in [3.05, 3.63) is 46.8 Å². The summed E-state index contributed by atoms with van der Waals surface area (Å²) in [6.07, 6.45) is 3.29. The molecule has 0 saturated heterocycles. The predicted octanol–water partition coefficient (Wildman–Crippen LogP) is 1.94. The number of carbonyl (C=O) groups excluding carboxylic acids is 1. The molecule has 0 radical (unpaired) electrons. The van der Waals surface area contributed by atoms with E-state index in [-0.39, 0.29) is 5.91 Å². The fourth-order valence-corrected chi connectivity index (χ4v) is 3.06. The number of fused-ring (bicyclic) bond motifs is 1. The van der Waals surface area contributed by atoms with E-state index in [2.05, 4.69) is 33.7 Å². The van der Waals surface area contributed by atoms with E-state index >= 15 is 0 Å². The van der Waals surface area contributed by atoms with Gasteiger partial charge in [-0.15, -0.1) is 0 Å². The van der Waals surface area contributed by atoms with Gasteiger partial charge in [-0.25, -0.2) is 0 Å². The van der Waals surface area contributed by atoms with Gasteiger partial charge in [-0.05, 0) is 30.4 Å². The zero-order valence-electron chi connectivity index (χ0n) is 11.7. The van der Waals surface area contributed by atoms with Gasteiger partial charge in [0.2, 0.25) is 0 Å². The molecule has 1 unspecified atom stereocenters. The lowest BCUT2D eigenvalue weighted by atomic mass is 9.77. The number of H-pyrrole nitrogens is 1. The number of anilines is 1. The van der Waals surface area contributed by atoms with Crippen LogP contribution in [0, 0.1) is 0 Å². The Hall–Kier alpha value is -2.30. The van der Waals surface area contributed by atoms with Crippen LogP contribution in [0.1, 0.15) is 52.0 Å². The SMILES string of the molecule is Nc1c(C(=O)NCC2Cc3ccccc32)n[nH]c1C1CC1. The van der Waals surface area contributed by atoms with Crippen molar-refractivity contribution >= 4 is 11.6 Å². The number of amides is 1. The van der Waals surface area contributed by atoms with Crippen molar-refractivity contribution in [3.63, 3.8) is 0 Å². The summed E-state index contributed by atoms with van der Waals surface area (Å²) in [4.78, 5) is 12.2. The number of aromatic nitrogens is 2. The molecule has 4 rings (SSSR count). The smallest absolute Gasteiger partial charge is 0.273 e. The minimum atomic E-state index is -0.181. The van der Waals surface area contributed by atoms with E-state index < -0.39 is 0 Å². The molecule has 21 heavy (non-hydrogen) atoms. The lowest BCUT2D eigenvalue weighted by Gasteiger charge is -2.30. The van der Waals surface area contributed by atoms with E-state index in [1.807, 2.05) is 6.07 Å². The molecule has 0 aliphatic heterocycles. The first kappa shape index (κ1) is 12.4. The number of nitrogen functional groups attached to an aromatic ring is 1. The summed E-state index contributed by atoms with van der Waals surface area (Å²) in [6, 6.07) is 8.36. The van der Waals surface area contributed by atoms with Crippen molar-refractivity contribution in [2.45, 2.75) is 31.1 Å². The average molecular weight is 282 g/mol. The summed E-state index contributed by atoms with van der Waals surface area (Å²) < 4.78 is 0. The van der Waals surface area contributed by atoms with Crippen molar-refractivity contribution < 1.29 is 4.79 Å². The molecule has 5 heteroatoms. The van der Waals surface area contributed by atoms with Crippen LogP contribution in [0.5, 0.6) is 0 Å². The van der Waals surface area contributed by atoms with Crippen LogP contribution in [0.4, 0.5) is 5.69 Å². The number of nitrogens with one attached hydrogen (secondary N) is 2. The molecule has 1 amide bonds. The Morgan fingerprint density at radius 2 is 2.19 bits per heavy atom. The second-order valence-corrected chi connectivity index (χ2v) is 5.98. The van der Waals surface area contributed by atoms with Crippen LogP contribution < -0.4 is 11.1 Å². The van der Waals surface area contributed by atoms with Gasteiger partial charge in [0.1, 0.15) is 0 Å². The highest BCUT2D eigenvalue weighted by molar-refractivity contribution is 5.97. The van der Waals surface area contributed by atoms with Gasteiger partial charge >= 0.3 is 0 Å². The standard InChI is InChI=1S/C16H18N4O/c17-13-14(9-5-6-9)19-20-15(13)16(21)18-8-11-7-10-3-1-2-4-12(10)11/h1-4,9,11H,5-8,17H2,(H,18,21)(H,19,20). The summed E-state index contributed by atoms with van der Waals surface area (Å²) in [6.45, 7) is 0.640. The van der Waals surface area contributed by atoms with Crippen LogP contribution in [-0.4, -0.2) is 22.6 Å². The van der Waals surface area contributed by atoms with Crippen molar-refractivity contribution in [1.29, 1.82) is 0 Å². The molecular weight excluding hydrogens is 264 g/mol. The Morgan fingerprint density at radius 1 is 1.38 bits per heavy atom. The Morgan fingerprint density at radius 3 is 2.95 bits per heavy atom. The second-order valence-electron chi connectivity index (χ2n) is 5.98. The maximum absolute atomic E-state index is 12.2. The van der Waals surface area contributed by atoms with Gasteiger partial charge in [-0.3, -0.25) is 9.89 Å². The van der Waals surface area contributed by atoms with E-state index in [0.29, 0.717) is 29.8 Å². The highest BCUT2D eigenvalue weighted by Crippen LogP contribution is 2.42. The van der Waals surface area contributed by atoms with E-state index in [1.54, 1.807) is 0 Å². The zero-order valence-corrected chi connectivity index (χ0v) is 11.7. The quantitative estimate of drug-likeness (QED) is 0.801. The zero-order chi connectivity index (χ0) is 14.4. The third-order valence-corrected chi connectivity index (χ3v) is 4.50. The van der Waals surface area contributed by atoms with Crippen LogP contribution in [-0.2, 0) is 6.42 Å². The lowest BCUT2D eigenvalue weighted by molar-refractivity contribution is 0.0946. The monoisotopic (exact) mass is 282 g/mol. The maximum Gasteiger partial charge on any atom is 0.273 e. The number of carbonyl (C=O) groups is 1. The number of hydrogen-bond acceptors (Lipinski definition) is 3. The largest absolute Gasteiger partial charge is 0.395 e. The summed E-state index contributed by atoms with van der Waals surface area (Å²) in [5.41, 5.74) is 10.5. The number of aromatic amines is 1. The van der Waals surface area contributed by atoms with Gasteiger partial charge in [0.05, 0.1) is 11.4 Å². The van der Waals surface area contributed by atoms with Gasteiger partial charge in [0, 0.05) is 18.4 Å². The molecule has 2 aliphatic rings. The van der Waals surface area contributed by atoms with Crippen molar-refractivity contribution in [2.24, 2.45) is 0 Å². The van der Waals surface area contributed by atoms with E-state index in [4.69, 9.17) is 5.73 Å². The van der Waals surface area contributed by atoms with E-state index in [0.717, 1.165) is 25.0 Å². The van der Waals surface area contributed by atoms with Crippen molar-refractivity contribution in [2.75, 3.05) is 12.3 Å². The molecule has 0 bridgehead atoms. The van der Waals surface area contributed by atoms with Crippen molar-refractivity contribution in [3.8, 4) is 0 Å². The number of nitrogens with zero attached hydrogens (tertiary/aromatic N) is 1. The molecule has 1 heterocycles. The third kappa shape index (κ3) is 2.09. The van der Waals surface area contributed by atoms with Crippen LogP contribution in [0.25, 0.3) is 0 Å². The summed E-state index contributed by atoms with van der Waals surface area (Å²) in [5, 5.41) is 9.95. The number of nitrogens with two attached hydrogens (primary N) is 1. The fraction of sp³-hybridized carbons (Fsp3) is 0.375. The molecule has 5 nitrogen and oxygen atoms in total. The summed E-state index contributed by atoms with van der Waals surface area (Å²) in [5.74, 6) is 0.700. The maximum atomic E-state index is 12.2. The van der Waals surface area contributed by atoms with Gasteiger partial charge in [0.25, 0.3) is 5.91 Å².